The number of carbonyl (C=O) groups is 2. The number of rotatable bonds is 6. The van der Waals surface area contributed by atoms with E-state index >= 15 is 0 Å². The number of nitrogens with one attached hydrogen (secondary N) is 1. The van der Waals surface area contributed by atoms with Crippen LogP contribution >= 0.6 is 0 Å². The van der Waals surface area contributed by atoms with Gasteiger partial charge in [0, 0.05) is 19.5 Å². The summed E-state index contributed by atoms with van der Waals surface area (Å²) < 4.78 is 3.36. The van der Waals surface area contributed by atoms with Crippen LogP contribution in [0.3, 0.4) is 0 Å². The van der Waals surface area contributed by atoms with E-state index in [0.717, 1.165) is 11.0 Å². The lowest BCUT2D eigenvalue weighted by Gasteiger charge is -2.14. The Balaban J connectivity index is 2.40. The summed E-state index contributed by atoms with van der Waals surface area (Å²) in [5.74, 6) is 0.0415. The van der Waals surface area contributed by atoms with Gasteiger partial charge in [-0.25, -0.2) is 4.79 Å². The molecule has 2 aromatic rings. The van der Waals surface area contributed by atoms with Crippen molar-refractivity contribution in [3.05, 3.63) is 34.2 Å². The number of hydrogen-bond acceptors (Lipinski definition) is 3. The highest BCUT2D eigenvalue weighted by Crippen LogP contribution is 2.24. The molecule has 1 heterocycles. The van der Waals surface area contributed by atoms with Crippen molar-refractivity contribution in [2.24, 2.45) is 7.05 Å². The van der Waals surface area contributed by atoms with Crippen molar-refractivity contribution < 1.29 is 9.59 Å². The molecule has 1 N–H and O–H groups in total. The molecule has 0 saturated heterocycles. The predicted octanol–water partition coefficient (Wildman–Crippen LogP) is 2.08. The SMILES string of the molecule is CC(C)c1ccc2c(c1)n(C(C)CCC(=O)NC=O)c(=O)n2C. The first-order valence-corrected chi connectivity index (χ1v) is 7.80. The molecular formula is C17H23N3O3. The van der Waals surface area contributed by atoms with E-state index in [9.17, 15) is 14.4 Å². The molecule has 0 bridgehead atoms. The number of imidazole rings is 1. The monoisotopic (exact) mass is 317 g/mol. The Kier molecular flexibility index (Phi) is 5.03. The highest BCUT2D eigenvalue weighted by atomic mass is 16.2. The van der Waals surface area contributed by atoms with Crippen molar-refractivity contribution in [1.29, 1.82) is 0 Å². The topological polar surface area (TPSA) is 73.1 Å². The van der Waals surface area contributed by atoms with E-state index in [2.05, 4.69) is 19.2 Å². The Labute approximate surface area is 135 Å². The van der Waals surface area contributed by atoms with Crippen LogP contribution in [0.4, 0.5) is 0 Å². The summed E-state index contributed by atoms with van der Waals surface area (Å²) >= 11 is 0. The van der Waals surface area contributed by atoms with Crippen molar-refractivity contribution in [3.8, 4) is 0 Å². The van der Waals surface area contributed by atoms with Gasteiger partial charge < -0.3 is 0 Å². The second kappa shape index (κ2) is 6.81. The van der Waals surface area contributed by atoms with Gasteiger partial charge in [0.05, 0.1) is 11.0 Å². The zero-order chi connectivity index (χ0) is 17.1. The molecule has 1 aromatic carbocycles. The normalized spacial score (nSPS) is 12.6. The molecule has 0 saturated carbocycles. The molecule has 1 atom stereocenters. The van der Waals surface area contributed by atoms with Gasteiger partial charge in [-0.2, -0.15) is 0 Å². The van der Waals surface area contributed by atoms with Crippen molar-refractivity contribution >= 4 is 23.4 Å². The van der Waals surface area contributed by atoms with Crippen LogP contribution in [0, 0.1) is 0 Å². The van der Waals surface area contributed by atoms with E-state index in [4.69, 9.17) is 0 Å². The van der Waals surface area contributed by atoms with Crippen LogP contribution in [0.1, 0.15) is 51.1 Å². The van der Waals surface area contributed by atoms with Gasteiger partial charge in [-0.3, -0.25) is 24.0 Å². The average molecular weight is 317 g/mol. The van der Waals surface area contributed by atoms with E-state index in [0.29, 0.717) is 18.7 Å². The maximum atomic E-state index is 12.6. The quantitative estimate of drug-likeness (QED) is 0.829. The molecule has 0 fully saturated rings. The molecular weight excluding hydrogens is 294 g/mol. The summed E-state index contributed by atoms with van der Waals surface area (Å²) in [5.41, 5.74) is 2.84. The van der Waals surface area contributed by atoms with Crippen LogP contribution in [0.25, 0.3) is 11.0 Å². The summed E-state index contributed by atoms with van der Waals surface area (Å²) in [6.45, 7) is 6.14. The van der Waals surface area contributed by atoms with E-state index in [1.54, 1.807) is 16.2 Å². The van der Waals surface area contributed by atoms with Crippen LogP contribution in [0.2, 0.25) is 0 Å². The Morgan fingerprint density at radius 1 is 1.26 bits per heavy atom. The molecule has 0 aliphatic carbocycles. The third-order valence-electron chi connectivity index (χ3n) is 4.23. The van der Waals surface area contributed by atoms with Crippen LogP contribution < -0.4 is 11.0 Å². The predicted molar refractivity (Wildman–Crippen MR) is 89.4 cm³/mol. The van der Waals surface area contributed by atoms with Gasteiger partial charge in [0.25, 0.3) is 0 Å². The second-order valence-corrected chi connectivity index (χ2v) is 6.19. The molecule has 0 spiro atoms. The third-order valence-corrected chi connectivity index (χ3v) is 4.23. The Morgan fingerprint density at radius 3 is 2.57 bits per heavy atom. The highest BCUT2D eigenvalue weighted by Gasteiger charge is 2.17. The Bertz CT molecular complexity index is 786. The van der Waals surface area contributed by atoms with Crippen molar-refractivity contribution in [2.75, 3.05) is 0 Å². The van der Waals surface area contributed by atoms with Gasteiger partial charge in [0.1, 0.15) is 0 Å². The zero-order valence-electron chi connectivity index (χ0n) is 14.0. The van der Waals surface area contributed by atoms with Crippen molar-refractivity contribution in [1.82, 2.24) is 14.5 Å². The maximum Gasteiger partial charge on any atom is 0.329 e. The Morgan fingerprint density at radius 2 is 1.96 bits per heavy atom. The smallest absolute Gasteiger partial charge is 0.299 e. The van der Waals surface area contributed by atoms with Gasteiger partial charge in [0.15, 0.2) is 0 Å². The molecule has 23 heavy (non-hydrogen) atoms. The lowest BCUT2D eigenvalue weighted by molar-refractivity contribution is -0.125. The number of carbonyl (C=O) groups excluding carboxylic acids is 2. The number of nitrogens with zero attached hydrogens (tertiary/aromatic N) is 2. The van der Waals surface area contributed by atoms with Crippen molar-refractivity contribution in [3.63, 3.8) is 0 Å². The number of aromatic nitrogens is 2. The van der Waals surface area contributed by atoms with E-state index < -0.39 is 0 Å². The summed E-state index contributed by atoms with van der Waals surface area (Å²) in [4.78, 5) is 34.3. The zero-order valence-corrected chi connectivity index (χ0v) is 14.0. The molecule has 6 nitrogen and oxygen atoms in total. The molecule has 2 amide bonds. The molecule has 0 aliphatic rings. The second-order valence-electron chi connectivity index (χ2n) is 6.19. The molecule has 1 aromatic heterocycles. The lowest BCUT2D eigenvalue weighted by Crippen LogP contribution is -2.27. The number of aryl methyl sites for hydroxylation is 1. The molecule has 6 heteroatoms. The van der Waals surface area contributed by atoms with E-state index in [1.165, 1.54) is 5.56 Å². The molecule has 0 aliphatic heterocycles. The minimum absolute atomic E-state index is 0.0933. The number of benzene rings is 1. The van der Waals surface area contributed by atoms with E-state index in [1.807, 2.05) is 25.1 Å². The third kappa shape index (κ3) is 3.36. The fourth-order valence-electron chi connectivity index (χ4n) is 2.78. The van der Waals surface area contributed by atoms with Gasteiger partial charge in [-0.15, -0.1) is 0 Å². The highest BCUT2D eigenvalue weighted by molar-refractivity contribution is 5.85. The fraction of sp³-hybridized carbons (Fsp3) is 0.471. The van der Waals surface area contributed by atoms with Gasteiger partial charge in [-0.1, -0.05) is 19.9 Å². The van der Waals surface area contributed by atoms with E-state index in [-0.39, 0.29) is 24.1 Å². The van der Waals surface area contributed by atoms with Crippen LogP contribution in [-0.4, -0.2) is 21.5 Å². The first-order valence-electron chi connectivity index (χ1n) is 7.80. The maximum absolute atomic E-state index is 12.6. The summed E-state index contributed by atoms with van der Waals surface area (Å²) in [7, 11) is 1.75. The average Bonchev–Trinajstić information content (AvgIpc) is 2.76. The van der Waals surface area contributed by atoms with Crippen LogP contribution in [0.15, 0.2) is 23.0 Å². The summed E-state index contributed by atoms with van der Waals surface area (Å²) in [5, 5.41) is 2.12. The molecule has 124 valence electrons. The van der Waals surface area contributed by atoms with Gasteiger partial charge >= 0.3 is 5.69 Å². The fourth-order valence-corrected chi connectivity index (χ4v) is 2.78. The number of fused-ring (bicyclic) bond motifs is 1. The van der Waals surface area contributed by atoms with Crippen LogP contribution in [0.5, 0.6) is 0 Å². The lowest BCUT2D eigenvalue weighted by atomic mass is 10.0. The number of imide groups is 1. The minimum Gasteiger partial charge on any atom is -0.299 e. The summed E-state index contributed by atoms with van der Waals surface area (Å²) in [6, 6.07) is 5.92. The Hall–Kier alpha value is -2.37. The molecule has 2 rings (SSSR count). The number of hydrogen-bond donors (Lipinski definition) is 1. The van der Waals surface area contributed by atoms with Gasteiger partial charge in [-0.05, 0) is 37.0 Å². The standard InChI is InChI=1S/C17H23N3O3/c1-11(2)13-6-7-14-15(9-13)20(17(23)19(14)4)12(3)5-8-16(22)18-10-21/h6-7,9-12H,5,8H2,1-4H3,(H,18,21,22). The molecule has 1 unspecified atom stereocenters. The summed E-state index contributed by atoms with van der Waals surface area (Å²) in [6.07, 6.45) is 1.07. The largest absolute Gasteiger partial charge is 0.329 e. The van der Waals surface area contributed by atoms with Crippen LogP contribution in [-0.2, 0) is 16.6 Å². The van der Waals surface area contributed by atoms with Crippen molar-refractivity contribution in [2.45, 2.75) is 45.6 Å². The minimum atomic E-state index is -0.331. The number of amides is 2. The first kappa shape index (κ1) is 17.0. The molecule has 0 radical (unpaired) electrons. The van der Waals surface area contributed by atoms with Gasteiger partial charge in [0.2, 0.25) is 12.3 Å². The first-order chi connectivity index (χ1) is 10.9.